The molecule has 2 amide bonds. The Morgan fingerprint density at radius 3 is 2.23 bits per heavy atom. The topological polar surface area (TPSA) is 64.7 Å². The molecule has 0 spiro atoms. The quantitative estimate of drug-likeness (QED) is 0.741. The molecule has 3 rings (SSSR count). The molecule has 0 bridgehead atoms. The van der Waals surface area contributed by atoms with E-state index in [1.54, 1.807) is 4.90 Å². The summed E-state index contributed by atoms with van der Waals surface area (Å²) in [7, 11) is 0. The van der Waals surface area contributed by atoms with Crippen LogP contribution < -0.4 is 15.5 Å². The number of amides is 2. The fourth-order valence-electron chi connectivity index (χ4n) is 2.92. The van der Waals surface area contributed by atoms with E-state index in [9.17, 15) is 9.59 Å². The van der Waals surface area contributed by atoms with Crippen molar-refractivity contribution in [2.24, 2.45) is 0 Å². The van der Waals surface area contributed by atoms with E-state index in [1.165, 1.54) is 5.56 Å². The number of nitrogens with zero attached hydrogens (tertiary/aromatic N) is 2. The summed E-state index contributed by atoms with van der Waals surface area (Å²) >= 11 is 0. The zero-order valence-electron chi connectivity index (χ0n) is 12.7. The third kappa shape index (κ3) is 3.84. The lowest BCUT2D eigenvalue weighted by molar-refractivity contribution is -0.130. The van der Waals surface area contributed by atoms with Crippen LogP contribution in [0, 0.1) is 0 Å². The summed E-state index contributed by atoms with van der Waals surface area (Å²) in [6.45, 7) is 5.93. The average Bonchev–Trinajstić information content (AvgIpc) is 2.53. The van der Waals surface area contributed by atoms with Crippen molar-refractivity contribution >= 4 is 17.5 Å². The minimum Gasteiger partial charge on any atom is -0.353 e. The molecule has 0 radical (unpaired) electrons. The lowest BCUT2D eigenvalue weighted by Crippen LogP contribution is -2.51. The molecule has 2 N–H and O–H groups in total. The Morgan fingerprint density at radius 2 is 1.59 bits per heavy atom. The average molecular weight is 302 g/mol. The Labute approximate surface area is 130 Å². The predicted octanol–water partition coefficient (Wildman–Crippen LogP) is -0.403. The van der Waals surface area contributed by atoms with Gasteiger partial charge in [0.1, 0.15) is 0 Å². The van der Waals surface area contributed by atoms with Crippen LogP contribution in [0.1, 0.15) is 5.56 Å². The molecule has 0 aromatic heterocycles. The molecule has 1 aromatic carbocycles. The van der Waals surface area contributed by atoms with Crippen LogP contribution >= 0.6 is 0 Å². The highest BCUT2D eigenvalue weighted by Gasteiger charge is 2.22. The van der Waals surface area contributed by atoms with Gasteiger partial charge in [0.25, 0.3) is 0 Å². The molecule has 0 atom stereocenters. The SMILES string of the molecule is O=C1CN(c2ccc(CCN3CCNCC3)cc2)CC(=O)N1. The number of carbonyl (C=O) groups excluding carboxylic acids is 2. The van der Waals surface area contributed by atoms with E-state index >= 15 is 0 Å². The lowest BCUT2D eigenvalue weighted by atomic mass is 10.1. The molecule has 2 heterocycles. The third-order valence-electron chi connectivity index (χ3n) is 4.18. The Hall–Kier alpha value is -1.92. The highest BCUT2D eigenvalue weighted by Crippen LogP contribution is 2.16. The highest BCUT2D eigenvalue weighted by molar-refractivity contribution is 6.02. The van der Waals surface area contributed by atoms with Crippen LogP contribution in [-0.4, -0.2) is 62.5 Å². The van der Waals surface area contributed by atoms with Gasteiger partial charge in [0.05, 0.1) is 13.1 Å². The van der Waals surface area contributed by atoms with Crippen molar-refractivity contribution in [2.75, 3.05) is 50.7 Å². The maximum atomic E-state index is 11.4. The van der Waals surface area contributed by atoms with Crippen molar-refractivity contribution in [3.63, 3.8) is 0 Å². The summed E-state index contributed by atoms with van der Waals surface area (Å²) < 4.78 is 0. The van der Waals surface area contributed by atoms with Gasteiger partial charge >= 0.3 is 0 Å². The molecular weight excluding hydrogens is 280 g/mol. The van der Waals surface area contributed by atoms with Crippen molar-refractivity contribution in [3.05, 3.63) is 29.8 Å². The molecule has 22 heavy (non-hydrogen) atoms. The summed E-state index contributed by atoms with van der Waals surface area (Å²) in [5.74, 6) is -0.474. The van der Waals surface area contributed by atoms with Gasteiger partial charge in [0.2, 0.25) is 11.8 Å². The molecule has 2 aliphatic heterocycles. The molecule has 118 valence electrons. The van der Waals surface area contributed by atoms with Crippen LogP contribution in [0.5, 0.6) is 0 Å². The van der Waals surface area contributed by atoms with E-state index in [4.69, 9.17) is 0 Å². The first-order chi connectivity index (χ1) is 10.7. The van der Waals surface area contributed by atoms with E-state index in [0.29, 0.717) is 0 Å². The Morgan fingerprint density at radius 1 is 0.955 bits per heavy atom. The van der Waals surface area contributed by atoms with Gasteiger partial charge < -0.3 is 15.1 Å². The zero-order chi connectivity index (χ0) is 15.4. The second-order valence-electron chi connectivity index (χ2n) is 5.84. The van der Waals surface area contributed by atoms with Crippen LogP contribution in [0.25, 0.3) is 0 Å². The number of nitrogens with one attached hydrogen (secondary N) is 2. The molecule has 0 unspecified atom stereocenters. The molecular formula is C16H22N4O2. The number of carbonyl (C=O) groups is 2. The van der Waals surface area contributed by atoms with E-state index in [1.807, 2.05) is 12.1 Å². The van der Waals surface area contributed by atoms with Crippen LogP contribution in [0.3, 0.4) is 0 Å². The Bertz CT molecular complexity index is 522. The number of imide groups is 1. The maximum absolute atomic E-state index is 11.4. The van der Waals surface area contributed by atoms with Crippen LogP contribution in [-0.2, 0) is 16.0 Å². The monoisotopic (exact) mass is 302 g/mol. The van der Waals surface area contributed by atoms with Gasteiger partial charge in [-0.05, 0) is 24.1 Å². The van der Waals surface area contributed by atoms with Crippen molar-refractivity contribution in [1.29, 1.82) is 0 Å². The smallest absolute Gasteiger partial charge is 0.246 e. The first-order valence-electron chi connectivity index (χ1n) is 7.80. The normalized spacial score (nSPS) is 20.1. The highest BCUT2D eigenvalue weighted by atomic mass is 16.2. The molecule has 6 nitrogen and oxygen atoms in total. The van der Waals surface area contributed by atoms with E-state index in [2.05, 4.69) is 27.7 Å². The van der Waals surface area contributed by atoms with Gasteiger partial charge in [-0.25, -0.2) is 0 Å². The standard InChI is InChI=1S/C16H22N4O2/c21-15-11-20(12-16(22)18-15)14-3-1-13(2-4-14)5-8-19-9-6-17-7-10-19/h1-4,17H,5-12H2,(H,18,21,22). The van der Waals surface area contributed by atoms with Gasteiger partial charge in [0, 0.05) is 38.4 Å². The first kappa shape index (κ1) is 15.0. The minimum absolute atomic E-state index is 0.237. The van der Waals surface area contributed by atoms with Gasteiger partial charge in [-0.3, -0.25) is 14.9 Å². The van der Waals surface area contributed by atoms with Crippen LogP contribution in [0.2, 0.25) is 0 Å². The van der Waals surface area contributed by atoms with E-state index in [0.717, 1.165) is 44.8 Å². The van der Waals surface area contributed by atoms with Crippen molar-refractivity contribution in [1.82, 2.24) is 15.5 Å². The van der Waals surface area contributed by atoms with E-state index < -0.39 is 0 Å². The first-order valence-corrected chi connectivity index (χ1v) is 7.80. The molecule has 2 fully saturated rings. The molecule has 0 saturated carbocycles. The number of hydrogen-bond donors (Lipinski definition) is 2. The number of benzene rings is 1. The summed E-state index contributed by atoms with van der Waals surface area (Å²) in [6, 6.07) is 8.18. The molecule has 2 aliphatic rings. The van der Waals surface area contributed by atoms with Crippen molar-refractivity contribution < 1.29 is 9.59 Å². The van der Waals surface area contributed by atoms with Crippen molar-refractivity contribution in [3.8, 4) is 0 Å². The number of anilines is 1. The third-order valence-corrected chi connectivity index (χ3v) is 4.18. The van der Waals surface area contributed by atoms with Gasteiger partial charge in [-0.1, -0.05) is 12.1 Å². The number of rotatable bonds is 4. The molecule has 1 aromatic rings. The fraction of sp³-hybridized carbons (Fsp3) is 0.500. The van der Waals surface area contributed by atoms with Crippen molar-refractivity contribution in [2.45, 2.75) is 6.42 Å². The summed E-state index contributed by atoms with van der Waals surface area (Å²) in [5.41, 5.74) is 2.21. The second-order valence-corrected chi connectivity index (χ2v) is 5.84. The predicted molar refractivity (Wildman–Crippen MR) is 84.8 cm³/mol. The second kappa shape index (κ2) is 6.89. The summed E-state index contributed by atoms with van der Waals surface area (Å²) in [4.78, 5) is 27.1. The Kier molecular flexibility index (Phi) is 4.70. The summed E-state index contributed by atoms with van der Waals surface area (Å²) in [5, 5.41) is 5.67. The zero-order valence-corrected chi connectivity index (χ0v) is 12.7. The lowest BCUT2D eigenvalue weighted by Gasteiger charge is -2.28. The fourth-order valence-corrected chi connectivity index (χ4v) is 2.92. The van der Waals surface area contributed by atoms with Gasteiger partial charge in [-0.2, -0.15) is 0 Å². The van der Waals surface area contributed by atoms with E-state index in [-0.39, 0.29) is 24.9 Å². The molecule has 2 saturated heterocycles. The summed E-state index contributed by atoms with van der Waals surface area (Å²) in [6.07, 6.45) is 1.03. The minimum atomic E-state index is -0.237. The molecule has 0 aliphatic carbocycles. The maximum Gasteiger partial charge on any atom is 0.246 e. The Balaban J connectivity index is 1.55. The molecule has 6 heteroatoms. The van der Waals surface area contributed by atoms with Crippen LogP contribution in [0.4, 0.5) is 5.69 Å². The van der Waals surface area contributed by atoms with Crippen LogP contribution in [0.15, 0.2) is 24.3 Å². The number of piperazine rings is 2. The largest absolute Gasteiger partial charge is 0.353 e. The number of hydrogen-bond acceptors (Lipinski definition) is 5. The van der Waals surface area contributed by atoms with Gasteiger partial charge in [-0.15, -0.1) is 0 Å². The van der Waals surface area contributed by atoms with Gasteiger partial charge in [0.15, 0.2) is 0 Å².